The average Bonchev–Trinajstić information content (AvgIpc) is 2.58. The van der Waals surface area contributed by atoms with Gasteiger partial charge >= 0.3 is 0 Å². The van der Waals surface area contributed by atoms with Crippen LogP contribution in [-0.2, 0) is 7.05 Å². The quantitative estimate of drug-likeness (QED) is 0.773. The van der Waals surface area contributed by atoms with Crippen molar-refractivity contribution >= 4 is 28.4 Å². The number of carbonyl (C=O) groups excluding carboxylic acids is 1. The molecule has 0 bridgehead atoms. The molecule has 0 fully saturated rings. The fourth-order valence-electron chi connectivity index (χ4n) is 2.74. The summed E-state index contributed by atoms with van der Waals surface area (Å²) >= 11 is 5.86. The Morgan fingerprint density at radius 1 is 1.20 bits per heavy atom. The number of carbonyl (C=O) groups is 1. The number of aryl methyl sites for hydroxylation is 1. The Labute approximate surface area is 148 Å². The average molecular weight is 359 g/mol. The van der Waals surface area contributed by atoms with Crippen LogP contribution in [0.3, 0.4) is 0 Å². The summed E-state index contributed by atoms with van der Waals surface area (Å²) < 4.78 is 15.1. The first-order valence-corrected chi connectivity index (χ1v) is 8.10. The fraction of sp³-hybridized carbons (Fsp3) is 0.158. The first-order chi connectivity index (χ1) is 11.9. The first kappa shape index (κ1) is 17.2. The number of halogens is 2. The number of nitrogens with one attached hydrogen (secondary N) is 1. The van der Waals surface area contributed by atoms with Crippen LogP contribution < -0.4 is 10.7 Å². The summed E-state index contributed by atoms with van der Waals surface area (Å²) in [6, 6.07) is 10.7. The smallest absolute Gasteiger partial charge is 0.257 e. The van der Waals surface area contributed by atoms with Crippen LogP contribution in [0.25, 0.3) is 10.9 Å². The van der Waals surface area contributed by atoms with Gasteiger partial charge in [0.25, 0.3) is 5.91 Å². The van der Waals surface area contributed by atoms with Crippen molar-refractivity contribution in [3.05, 3.63) is 80.9 Å². The predicted octanol–water partition coefficient (Wildman–Crippen LogP) is 3.82. The van der Waals surface area contributed by atoms with E-state index in [2.05, 4.69) is 5.32 Å². The molecule has 0 saturated heterocycles. The molecule has 1 amide bonds. The molecular weight excluding hydrogens is 343 g/mol. The highest BCUT2D eigenvalue weighted by Gasteiger charge is 2.17. The molecule has 25 heavy (non-hydrogen) atoms. The van der Waals surface area contributed by atoms with Crippen LogP contribution in [0.2, 0.25) is 5.02 Å². The van der Waals surface area contributed by atoms with E-state index in [9.17, 15) is 14.0 Å². The molecule has 128 valence electrons. The zero-order chi connectivity index (χ0) is 18.1. The topological polar surface area (TPSA) is 51.1 Å². The van der Waals surface area contributed by atoms with E-state index in [0.717, 1.165) is 11.6 Å². The summed E-state index contributed by atoms with van der Waals surface area (Å²) in [6.45, 7) is 1.81. The van der Waals surface area contributed by atoms with Gasteiger partial charge < -0.3 is 9.88 Å². The van der Waals surface area contributed by atoms with Gasteiger partial charge in [-0.2, -0.15) is 0 Å². The van der Waals surface area contributed by atoms with E-state index in [1.54, 1.807) is 35.9 Å². The normalized spacial score (nSPS) is 12.2. The van der Waals surface area contributed by atoms with Crippen LogP contribution in [0, 0.1) is 5.82 Å². The summed E-state index contributed by atoms with van der Waals surface area (Å²) in [7, 11) is 1.71. The van der Waals surface area contributed by atoms with E-state index in [0.29, 0.717) is 10.5 Å². The second-order valence-electron chi connectivity index (χ2n) is 5.89. The number of fused-ring (bicyclic) bond motifs is 1. The Hall–Kier alpha value is -2.66. The minimum Gasteiger partial charge on any atom is -0.350 e. The molecule has 0 aliphatic carbocycles. The largest absolute Gasteiger partial charge is 0.350 e. The van der Waals surface area contributed by atoms with Crippen LogP contribution in [0.4, 0.5) is 4.39 Å². The summed E-state index contributed by atoms with van der Waals surface area (Å²) in [5.74, 6) is -1.02. The van der Waals surface area contributed by atoms with Gasteiger partial charge in [-0.15, -0.1) is 0 Å². The van der Waals surface area contributed by atoms with Crippen LogP contribution in [0.15, 0.2) is 53.5 Å². The maximum Gasteiger partial charge on any atom is 0.257 e. The minimum atomic E-state index is -0.517. The Morgan fingerprint density at radius 2 is 1.88 bits per heavy atom. The highest BCUT2D eigenvalue weighted by Crippen LogP contribution is 2.17. The zero-order valence-corrected chi connectivity index (χ0v) is 14.5. The van der Waals surface area contributed by atoms with E-state index < -0.39 is 17.2 Å². The van der Waals surface area contributed by atoms with Crippen LogP contribution in [-0.4, -0.2) is 10.5 Å². The van der Waals surface area contributed by atoms with Crippen molar-refractivity contribution in [1.82, 2.24) is 9.88 Å². The molecule has 2 aromatic carbocycles. The van der Waals surface area contributed by atoms with E-state index in [-0.39, 0.29) is 17.0 Å². The lowest BCUT2D eigenvalue weighted by Gasteiger charge is -2.15. The SMILES string of the molecule is CC(NC(=O)c1cn(C)c2ccc(F)cc2c1=O)c1ccc(Cl)cc1. The van der Waals surface area contributed by atoms with Crippen molar-refractivity contribution in [3.8, 4) is 0 Å². The Bertz CT molecular complexity index is 1010. The van der Waals surface area contributed by atoms with Gasteiger partial charge in [-0.05, 0) is 42.8 Å². The molecule has 6 heteroatoms. The Balaban J connectivity index is 1.95. The second-order valence-corrected chi connectivity index (χ2v) is 6.33. The molecule has 0 aliphatic heterocycles. The minimum absolute atomic E-state index is 0.0265. The molecule has 1 unspecified atom stereocenters. The number of aromatic nitrogens is 1. The lowest BCUT2D eigenvalue weighted by molar-refractivity contribution is 0.0938. The third kappa shape index (κ3) is 3.42. The summed E-state index contributed by atoms with van der Waals surface area (Å²) in [4.78, 5) is 25.1. The van der Waals surface area contributed by atoms with Crippen molar-refractivity contribution in [3.63, 3.8) is 0 Å². The van der Waals surface area contributed by atoms with Crippen LogP contribution in [0.1, 0.15) is 28.9 Å². The standard InChI is InChI=1S/C19H16ClFN2O2/c1-11(12-3-5-13(20)6-4-12)22-19(25)16-10-23(2)17-8-7-14(21)9-15(17)18(16)24/h3-11H,1-2H3,(H,22,25). The van der Waals surface area contributed by atoms with Crippen molar-refractivity contribution in [2.75, 3.05) is 0 Å². The number of amides is 1. The molecule has 0 aliphatic rings. The van der Waals surface area contributed by atoms with Gasteiger partial charge in [0.1, 0.15) is 11.4 Å². The molecule has 1 N–H and O–H groups in total. The molecule has 1 atom stereocenters. The molecule has 0 spiro atoms. The first-order valence-electron chi connectivity index (χ1n) is 7.72. The fourth-order valence-corrected chi connectivity index (χ4v) is 2.86. The third-order valence-corrected chi connectivity index (χ3v) is 4.36. The number of hydrogen-bond donors (Lipinski definition) is 1. The van der Waals surface area contributed by atoms with Crippen molar-refractivity contribution in [1.29, 1.82) is 0 Å². The van der Waals surface area contributed by atoms with E-state index in [4.69, 9.17) is 11.6 Å². The van der Waals surface area contributed by atoms with Gasteiger partial charge in [0.15, 0.2) is 0 Å². The number of hydrogen-bond acceptors (Lipinski definition) is 2. The van der Waals surface area contributed by atoms with E-state index >= 15 is 0 Å². The molecule has 0 radical (unpaired) electrons. The van der Waals surface area contributed by atoms with Gasteiger partial charge in [0, 0.05) is 23.7 Å². The third-order valence-electron chi connectivity index (χ3n) is 4.11. The molecule has 3 rings (SSSR count). The molecule has 1 heterocycles. The zero-order valence-electron chi connectivity index (χ0n) is 13.7. The van der Waals surface area contributed by atoms with E-state index in [1.807, 2.05) is 6.92 Å². The van der Waals surface area contributed by atoms with Gasteiger partial charge in [-0.3, -0.25) is 9.59 Å². The molecule has 4 nitrogen and oxygen atoms in total. The Kier molecular flexibility index (Phi) is 4.59. The number of nitrogens with zero attached hydrogens (tertiary/aromatic N) is 1. The molecular formula is C19H16ClFN2O2. The van der Waals surface area contributed by atoms with Crippen LogP contribution in [0.5, 0.6) is 0 Å². The van der Waals surface area contributed by atoms with Crippen LogP contribution >= 0.6 is 11.6 Å². The van der Waals surface area contributed by atoms with E-state index in [1.165, 1.54) is 18.3 Å². The highest BCUT2D eigenvalue weighted by atomic mass is 35.5. The summed E-state index contributed by atoms with van der Waals surface area (Å²) in [5, 5.41) is 3.57. The Morgan fingerprint density at radius 3 is 2.56 bits per heavy atom. The number of benzene rings is 2. The highest BCUT2D eigenvalue weighted by molar-refractivity contribution is 6.30. The van der Waals surface area contributed by atoms with Gasteiger partial charge in [-0.25, -0.2) is 4.39 Å². The van der Waals surface area contributed by atoms with Gasteiger partial charge in [0.2, 0.25) is 5.43 Å². The maximum absolute atomic E-state index is 13.5. The monoisotopic (exact) mass is 358 g/mol. The predicted molar refractivity (Wildman–Crippen MR) is 96.5 cm³/mol. The lowest BCUT2D eigenvalue weighted by Crippen LogP contribution is -2.31. The molecule has 3 aromatic rings. The van der Waals surface area contributed by atoms with Crippen molar-refractivity contribution in [2.45, 2.75) is 13.0 Å². The second kappa shape index (κ2) is 6.69. The van der Waals surface area contributed by atoms with Crippen molar-refractivity contribution < 1.29 is 9.18 Å². The summed E-state index contributed by atoms with van der Waals surface area (Å²) in [6.07, 6.45) is 1.46. The number of pyridine rings is 1. The van der Waals surface area contributed by atoms with Gasteiger partial charge in [-0.1, -0.05) is 23.7 Å². The maximum atomic E-state index is 13.5. The lowest BCUT2D eigenvalue weighted by atomic mass is 10.1. The van der Waals surface area contributed by atoms with Crippen molar-refractivity contribution in [2.24, 2.45) is 7.05 Å². The molecule has 0 saturated carbocycles. The summed E-state index contributed by atoms with van der Waals surface area (Å²) in [5.41, 5.74) is 0.907. The number of rotatable bonds is 3. The van der Waals surface area contributed by atoms with Gasteiger partial charge in [0.05, 0.1) is 11.6 Å². The molecule has 1 aromatic heterocycles.